The van der Waals surface area contributed by atoms with E-state index in [1.165, 1.54) is 18.4 Å². The van der Waals surface area contributed by atoms with Crippen LogP contribution < -0.4 is 5.32 Å². The van der Waals surface area contributed by atoms with E-state index >= 15 is 0 Å². The topological polar surface area (TPSA) is 62.5 Å². The highest BCUT2D eigenvalue weighted by Crippen LogP contribution is 2.30. The lowest BCUT2D eigenvalue weighted by Crippen LogP contribution is -2.29. The van der Waals surface area contributed by atoms with Crippen LogP contribution in [-0.4, -0.2) is 17.6 Å². The van der Waals surface area contributed by atoms with Crippen LogP contribution in [0.1, 0.15) is 27.8 Å². The molecule has 1 atom stereocenters. The van der Waals surface area contributed by atoms with Gasteiger partial charge in [0.15, 0.2) is 0 Å². The number of halogens is 4. The Morgan fingerprint density at radius 2 is 2.05 bits per heavy atom. The lowest BCUT2D eigenvalue weighted by molar-refractivity contribution is -0.137. The van der Waals surface area contributed by atoms with Crippen molar-refractivity contribution in [3.05, 3.63) is 59.3 Å². The van der Waals surface area contributed by atoms with Gasteiger partial charge in [0, 0.05) is 0 Å². The summed E-state index contributed by atoms with van der Waals surface area (Å²) < 4.78 is 56.1. The predicted molar refractivity (Wildman–Crippen MR) is 67.4 cm³/mol. The van der Waals surface area contributed by atoms with Gasteiger partial charge in [-0.2, -0.15) is 13.2 Å². The molecule has 0 aliphatic carbocycles. The Balaban J connectivity index is 2.09. The zero-order chi connectivity index (χ0) is 16.3. The van der Waals surface area contributed by atoms with Gasteiger partial charge in [-0.1, -0.05) is 0 Å². The summed E-state index contributed by atoms with van der Waals surface area (Å²) in [6.45, 7) is -0.331. The number of hydrogen-bond donors (Lipinski definition) is 2. The Morgan fingerprint density at radius 1 is 1.32 bits per heavy atom. The number of aliphatic hydroxyl groups is 1. The van der Waals surface area contributed by atoms with E-state index in [-0.39, 0.29) is 12.3 Å². The number of carbonyl (C=O) groups is 1. The van der Waals surface area contributed by atoms with Crippen LogP contribution in [-0.2, 0) is 6.18 Å². The largest absolute Gasteiger partial charge is 0.467 e. The minimum Gasteiger partial charge on any atom is -0.467 e. The van der Waals surface area contributed by atoms with Gasteiger partial charge in [-0.3, -0.25) is 4.79 Å². The van der Waals surface area contributed by atoms with E-state index in [2.05, 4.69) is 5.32 Å². The molecule has 0 aliphatic heterocycles. The second kappa shape index (κ2) is 6.18. The fourth-order valence-electron chi connectivity index (χ4n) is 1.74. The van der Waals surface area contributed by atoms with Gasteiger partial charge in [-0.05, 0) is 30.3 Å². The zero-order valence-corrected chi connectivity index (χ0v) is 11.0. The average Bonchev–Trinajstić information content (AvgIpc) is 2.97. The van der Waals surface area contributed by atoms with Crippen molar-refractivity contribution in [2.24, 2.45) is 0 Å². The SMILES string of the molecule is O=C(NCC(O)c1ccco1)c1cc(C(F)(F)F)ccc1F. The number of carbonyl (C=O) groups excluding carboxylic acids is 1. The van der Waals surface area contributed by atoms with Gasteiger partial charge in [-0.15, -0.1) is 0 Å². The van der Waals surface area contributed by atoms with Gasteiger partial charge in [0.25, 0.3) is 5.91 Å². The van der Waals surface area contributed by atoms with Crippen molar-refractivity contribution in [3.8, 4) is 0 Å². The lowest BCUT2D eigenvalue weighted by atomic mass is 10.1. The molecule has 1 amide bonds. The summed E-state index contributed by atoms with van der Waals surface area (Å²) in [6.07, 6.45) is -4.56. The summed E-state index contributed by atoms with van der Waals surface area (Å²) in [5.41, 5.74) is -1.88. The molecule has 0 saturated heterocycles. The molecule has 22 heavy (non-hydrogen) atoms. The average molecular weight is 317 g/mol. The van der Waals surface area contributed by atoms with E-state index in [4.69, 9.17) is 4.42 Å². The molecule has 2 aromatic rings. The Labute approximate surface area is 122 Å². The minimum atomic E-state index is -4.68. The highest BCUT2D eigenvalue weighted by molar-refractivity contribution is 5.94. The molecule has 8 heteroatoms. The highest BCUT2D eigenvalue weighted by Gasteiger charge is 2.32. The first-order valence-electron chi connectivity index (χ1n) is 6.15. The van der Waals surface area contributed by atoms with Gasteiger partial charge >= 0.3 is 6.18 Å². The molecule has 0 aliphatic rings. The Hall–Kier alpha value is -2.35. The van der Waals surface area contributed by atoms with Gasteiger partial charge in [0.1, 0.15) is 17.7 Å². The van der Waals surface area contributed by atoms with Crippen LogP contribution in [0.5, 0.6) is 0 Å². The van der Waals surface area contributed by atoms with Crippen molar-refractivity contribution in [1.29, 1.82) is 0 Å². The number of hydrogen-bond acceptors (Lipinski definition) is 3. The second-order valence-electron chi connectivity index (χ2n) is 4.43. The first-order valence-corrected chi connectivity index (χ1v) is 6.15. The van der Waals surface area contributed by atoms with Gasteiger partial charge in [0.2, 0.25) is 0 Å². The van der Waals surface area contributed by atoms with E-state index in [9.17, 15) is 27.5 Å². The molecular formula is C14H11F4NO3. The summed E-state index contributed by atoms with van der Waals surface area (Å²) in [4.78, 5) is 11.8. The van der Waals surface area contributed by atoms with Crippen LogP contribution >= 0.6 is 0 Å². The zero-order valence-electron chi connectivity index (χ0n) is 11.0. The van der Waals surface area contributed by atoms with E-state index in [1.54, 1.807) is 0 Å². The molecule has 0 radical (unpaired) electrons. The second-order valence-corrected chi connectivity index (χ2v) is 4.43. The highest BCUT2D eigenvalue weighted by atomic mass is 19.4. The summed E-state index contributed by atoms with van der Waals surface area (Å²) in [5.74, 6) is -1.97. The Morgan fingerprint density at radius 3 is 2.64 bits per heavy atom. The molecule has 0 fully saturated rings. The Bertz CT molecular complexity index is 653. The van der Waals surface area contributed by atoms with Crippen LogP contribution in [0.3, 0.4) is 0 Å². The number of amides is 1. The molecular weight excluding hydrogens is 306 g/mol. The number of alkyl halides is 3. The first kappa shape index (κ1) is 16.0. The molecule has 0 spiro atoms. The summed E-state index contributed by atoms with van der Waals surface area (Å²) in [6, 6.07) is 4.52. The fraction of sp³-hybridized carbons (Fsp3) is 0.214. The number of nitrogens with one attached hydrogen (secondary N) is 1. The molecule has 4 nitrogen and oxygen atoms in total. The molecule has 118 valence electrons. The van der Waals surface area contributed by atoms with Crippen LogP contribution in [0.4, 0.5) is 17.6 Å². The minimum absolute atomic E-state index is 0.171. The summed E-state index contributed by atoms with van der Waals surface area (Å²) in [5, 5.41) is 11.8. The van der Waals surface area contributed by atoms with Crippen LogP contribution in [0.25, 0.3) is 0 Å². The molecule has 1 aromatic carbocycles. The molecule has 0 bridgehead atoms. The van der Waals surface area contributed by atoms with Crippen molar-refractivity contribution in [1.82, 2.24) is 5.32 Å². The maximum atomic E-state index is 13.5. The van der Waals surface area contributed by atoms with Crippen molar-refractivity contribution >= 4 is 5.91 Å². The molecule has 1 heterocycles. The lowest BCUT2D eigenvalue weighted by Gasteiger charge is -2.12. The third kappa shape index (κ3) is 3.64. The number of rotatable bonds is 4. The summed E-state index contributed by atoms with van der Waals surface area (Å²) >= 11 is 0. The summed E-state index contributed by atoms with van der Waals surface area (Å²) in [7, 11) is 0. The van der Waals surface area contributed by atoms with Gasteiger partial charge in [0.05, 0.1) is 23.9 Å². The van der Waals surface area contributed by atoms with E-state index < -0.39 is 35.1 Å². The monoisotopic (exact) mass is 317 g/mol. The third-order valence-corrected chi connectivity index (χ3v) is 2.87. The maximum absolute atomic E-state index is 13.5. The molecule has 1 aromatic heterocycles. The van der Waals surface area contributed by atoms with E-state index in [1.807, 2.05) is 0 Å². The molecule has 1 unspecified atom stereocenters. The van der Waals surface area contributed by atoms with Crippen molar-refractivity contribution in [3.63, 3.8) is 0 Å². The normalized spacial score (nSPS) is 13.0. The molecule has 0 saturated carbocycles. The third-order valence-electron chi connectivity index (χ3n) is 2.87. The molecule has 2 N–H and O–H groups in total. The Kier molecular flexibility index (Phi) is 4.51. The van der Waals surface area contributed by atoms with Gasteiger partial charge in [-0.25, -0.2) is 4.39 Å². The predicted octanol–water partition coefficient (Wildman–Crippen LogP) is 2.90. The van der Waals surface area contributed by atoms with Gasteiger partial charge < -0.3 is 14.8 Å². The molecule has 2 rings (SSSR count). The van der Waals surface area contributed by atoms with Crippen molar-refractivity contribution in [2.45, 2.75) is 12.3 Å². The van der Waals surface area contributed by atoms with E-state index in [0.717, 1.165) is 0 Å². The van der Waals surface area contributed by atoms with E-state index in [0.29, 0.717) is 18.2 Å². The number of benzene rings is 1. The van der Waals surface area contributed by atoms with Crippen LogP contribution in [0.15, 0.2) is 41.0 Å². The van der Waals surface area contributed by atoms with Crippen LogP contribution in [0.2, 0.25) is 0 Å². The quantitative estimate of drug-likeness (QED) is 0.852. The standard InChI is InChI=1S/C14H11F4NO3/c15-10-4-3-8(14(16,17)18)6-9(10)13(21)19-7-11(20)12-2-1-5-22-12/h1-6,11,20H,7H2,(H,19,21). The first-order chi connectivity index (χ1) is 10.3. The maximum Gasteiger partial charge on any atom is 0.416 e. The van der Waals surface area contributed by atoms with Crippen LogP contribution in [0, 0.1) is 5.82 Å². The number of aliphatic hydroxyl groups excluding tert-OH is 1. The van der Waals surface area contributed by atoms with Crippen molar-refractivity contribution < 1.29 is 31.9 Å². The van der Waals surface area contributed by atoms with Crippen molar-refractivity contribution in [2.75, 3.05) is 6.54 Å². The fourth-order valence-corrected chi connectivity index (χ4v) is 1.74. The number of furan rings is 1. The smallest absolute Gasteiger partial charge is 0.416 e.